The molecule has 16 heteroatoms. The molecule has 0 aliphatic carbocycles. The highest BCUT2D eigenvalue weighted by atomic mass is 127. The van der Waals surface area contributed by atoms with E-state index in [1.165, 1.54) is 10.8 Å². The second kappa shape index (κ2) is 12.8. The Morgan fingerprint density at radius 2 is 1.81 bits per heavy atom. The third-order valence-corrected chi connectivity index (χ3v) is 6.87. The second-order valence-corrected chi connectivity index (χ2v) is 10.7. The van der Waals surface area contributed by atoms with E-state index < -0.39 is 40.2 Å². The first-order valence-corrected chi connectivity index (χ1v) is 13.5. The van der Waals surface area contributed by atoms with Crippen LogP contribution in [0.25, 0.3) is 22.2 Å². The fraction of sp³-hybridized carbons (Fsp3) is 0.346. The van der Waals surface area contributed by atoms with Gasteiger partial charge in [0.2, 0.25) is 0 Å². The van der Waals surface area contributed by atoms with Gasteiger partial charge < -0.3 is 14.6 Å². The summed E-state index contributed by atoms with van der Waals surface area (Å²) in [4.78, 5) is 33.0. The van der Waals surface area contributed by atoms with Crippen molar-refractivity contribution in [3.63, 3.8) is 0 Å². The Balaban J connectivity index is 1.49. The van der Waals surface area contributed by atoms with Gasteiger partial charge in [-0.3, -0.25) is 9.59 Å². The van der Waals surface area contributed by atoms with Crippen LogP contribution in [0.15, 0.2) is 58.6 Å². The molecule has 1 aromatic carbocycles. The first-order valence-electron chi connectivity index (χ1n) is 12.4. The monoisotopic (exact) mass is 708 g/mol. The predicted molar refractivity (Wildman–Crippen MR) is 150 cm³/mol. The molecule has 0 radical (unpaired) electrons. The van der Waals surface area contributed by atoms with Crippen molar-refractivity contribution in [2.24, 2.45) is 0 Å². The number of aryl methyl sites for hydroxylation is 1. The van der Waals surface area contributed by atoms with E-state index in [4.69, 9.17) is 0 Å². The lowest BCUT2D eigenvalue weighted by Crippen LogP contribution is -2.32. The molecule has 3 aromatic heterocycles. The van der Waals surface area contributed by atoms with Crippen molar-refractivity contribution in [2.45, 2.75) is 48.8 Å². The maximum absolute atomic E-state index is 14.1. The lowest BCUT2D eigenvalue weighted by molar-refractivity contribution is -0.131. The van der Waals surface area contributed by atoms with Crippen molar-refractivity contribution in [2.75, 3.05) is 11.9 Å². The molecule has 3 heterocycles. The normalized spacial score (nSPS) is 13.1. The Morgan fingerprint density at radius 3 is 2.45 bits per heavy atom. The van der Waals surface area contributed by atoms with Gasteiger partial charge in [0, 0.05) is 71.6 Å². The van der Waals surface area contributed by atoms with Gasteiger partial charge in [0.25, 0.3) is 17.0 Å². The number of nitrogens with one attached hydrogen (secondary N) is 2. The maximum Gasteiger partial charge on any atom is 0.345 e. The van der Waals surface area contributed by atoms with E-state index in [1.807, 2.05) is 5.10 Å². The van der Waals surface area contributed by atoms with Crippen molar-refractivity contribution >= 4 is 39.1 Å². The molecule has 224 valence electrons. The standard InChI is InChI=1S/C26H23F6IN6O3/c1-25(29,30)20-19(12-36-38-22(20)40)37-17(13-42-24(27)28)3-2-7-39-8-6-14-9-15(4-5-18(14)23(39)41)21-34-10-16(11-35-21)26(31,32)33/h4-6,8-12,17,24H,2-3,7,13H2,1H3,(H2,37,38,40)/t17-/m1/s1. The summed E-state index contributed by atoms with van der Waals surface area (Å²) >= 11 is 0.984. The molecule has 9 nitrogen and oxygen atoms in total. The Labute approximate surface area is 247 Å². The number of ether oxygens (including phenoxy) is 1. The molecule has 0 aliphatic rings. The number of alkyl halides is 7. The molecule has 0 aliphatic heterocycles. The number of H-pyrrole nitrogens is 1. The van der Waals surface area contributed by atoms with Crippen LogP contribution < -0.4 is 16.4 Å². The minimum absolute atomic E-state index is 0.112. The summed E-state index contributed by atoms with van der Waals surface area (Å²) < 4.78 is 83.1. The minimum atomic E-state index is -3.54. The van der Waals surface area contributed by atoms with Crippen molar-refractivity contribution in [1.82, 2.24) is 24.7 Å². The highest BCUT2D eigenvalue weighted by Crippen LogP contribution is 2.34. The smallest absolute Gasteiger partial charge is 0.345 e. The molecule has 42 heavy (non-hydrogen) atoms. The van der Waals surface area contributed by atoms with Crippen LogP contribution in [0.5, 0.6) is 0 Å². The molecule has 4 rings (SSSR count). The summed E-state index contributed by atoms with van der Waals surface area (Å²) in [7, 11) is 0. The number of pyridine rings is 1. The number of halogens is 7. The molecular weight excluding hydrogens is 685 g/mol. The van der Waals surface area contributed by atoms with E-state index in [1.54, 1.807) is 24.3 Å². The molecule has 0 fully saturated rings. The van der Waals surface area contributed by atoms with E-state index in [9.17, 15) is 35.9 Å². The van der Waals surface area contributed by atoms with Gasteiger partial charge >= 0.3 is 10.5 Å². The van der Waals surface area contributed by atoms with E-state index in [0.29, 0.717) is 23.3 Å². The van der Waals surface area contributed by atoms with E-state index in [2.05, 4.69) is 25.1 Å². The number of nitrogens with zero attached hydrogens (tertiary/aromatic N) is 4. The average molecular weight is 708 g/mol. The molecule has 1 atom stereocenters. The number of hydrogen-bond donors (Lipinski definition) is 2. The molecule has 0 saturated heterocycles. The van der Waals surface area contributed by atoms with Crippen molar-refractivity contribution in [3.8, 4) is 11.4 Å². The van der Waals surface area contributed by atoms with Gasteiger partial charge in [-0.2, -0.15) is 22.7 Å². The summed E-state index contributed by atoms with van der Waals surface area (Å²) in [5.41, 5.74) is -2.52. The predicted octanol–water partition coefficient (Wildman–Crippen LogP) is 5.64. The van der Waals surface area contributed by atoms with Gasteiger partial charge in [-0.05, 0) is 36.4 Å². The molecule has 0 unspecified atom stereocenters. The SMILES string of the molecule is CC(F)(F)c1c(N[C@H](CCCn2ccc3cc(-c4ncc(C(F)(F)I)cn4)ccc3c2=O)COC(F)F)cn[nH]c1=O. The molecular formula is C26H23F6IN6O3. The van der Waals surface area contributed by atoms with Crippen LogP contribution in [0.4, 0.5) is 32.0 Å². The minimum Gasteiger partial charge on any atom is -0.378 e. The zero-order valence-electron chi connectivity index (χ0n) is 21.8. The van der Waals surface area contributed by atoms with Crippen LogP contribution in [0.1, 0.15) is 30.9 Å². The molecule has 0 amide bonds. The number of aromatic nitrogens is 5. The fourth-order valence-corrected chi connectivity index (χ4v) is 4.56. The van der Waals surface area contributed by atoms with Crippen LogP contribution in [0, 0.1) is 0 Å². The molecule has 2 N–H and O–H groups in total. The Morgan fingerprint density at radius 1 is 1.10 bits per heavy atom. The van der Waals surface area contributed by atoms with Crippen molar-refractivity contribution in [1.29, 1.82) is 0 Å². The largest absolute Gasteiger partial charge is 0.378 e. The Bertz CT molecular complexity index is 1650. The summed E-state index contributed by atoms with van der Waals surface area (Å²) in [6.45, 7) is -2.99. The average Bonchev–Trinajstić information content (AvgIpc) is 2.91. The number of benzene rings is 1. The zero-order valence-corrected chi connectivity index (χ0v) is 23.9. The van der Waals surface area contributed by atoms with Crippen LogP contribution in [-0.4, -0.2) is 44.0 Å². The lowest BCUT2D eigenvalue weighted by atomic mass is 10.1. The molecule has 0 bridgehead atoms. The number of hydrogen-bond acceptors (Lipinski definition) is 7. The third-order valence-electron chi connectivity index (χ3n) is 6.24. The lowest BCUT2D eigenvalue weighted by Gasteiger charge is -2.22. The van der Waals surface area contributed by atoms with Crippen LogP contribution in [-0.2, 0) is 21.1 Å². The first-order chi connectivity index (χ1) is 19.7. The zero-order chi connectivity index (χ0) is 30.7. The Hall–Kier alpha value is -3.54. The van der Waals surface area contributed by atoms with Gasteiger partial charge in [-0.25, -0.2) is 23.8 Å². The van der Waals surface area contributed by atoms with Gasteiger partial charge in [0.05, 0.1) is 24.1 Å². The van der Waals surface area contributed by atoms with Crippen LogP contribution in [0.2, 0.25) is 0 Å². The molecule has 0 saturated carbocycles. The maximum atomic E-state index is 14.1. The number of anilines is 1. The summed E-state index contributed by atoms with van der Waals surface area (Å²) in [5, 5.41) is 9.00. The highest BCUT2D eigenvalue weighted by molar-refractivity contribution is 14.1. The number of rotatable bonds is 12. The van der Waals surface area contributed by atoms with Gasteiger partial charge in [0.15, 0.2) is 5.82 Å². The Kier molecular flexibility index (Phi) is 9.54. The van der Waals surface area contributed by atoms with Crippen LogP contribution in [0.3, 0.4) is 0 Å². The quantitative estimate of drug-likeness (QED) is 0.111. The van der Waals surface area contributed by atoms with E-state index in [0.717, 1.165) is 41.2 Å². The number of fused-ring (bicyclic) bond motifs is 1. The van der Waals surface area contributed by atoms with Gasteiger partial charge in [0.1, 0.15) is 5.56 Å². The summed E-state index contributed by atoms with van der Waals surface area (Å²) in [6.07, 6.45) is 4.93. The third kappa shape index (κ3) is 7.64. The van der Waals surface area contributed by atoms with Gasteiger partial charge in [-0.15, -0.1) is 0 Å². The topological polar surface area (TPSA) is 115 Å². The molecule has 0 spiro atoms. The van der Waals surface area contributed by atoms with E-state index >= 15 is 0 Å². The fourth-order valence-electron chi connectivity index (χ4n) is 4.28. The number of aromatic amines is 1. The first kappa shape index (κ1) is 31.4. The van der Waals surface area contributed by atoms with Crippen LogP contribution >= 0.6 is 22.6 Å². The van der Waals surface area contributed by atoms with E-state index in [-0.39, 0.29) is 42.0 Å². The highest BCUT2D eigenvalue weighted by Gasteiger charge is 2.32. The summed E-state index contributed by atoms with van der Waals surface area (Å²) in [6, 6.07) is 5.54. The van der Waals surface area contributed by atoms with Crippen molar-refractivity contribution < 1.29 is 31.1 Å². The summed E-state index contributed by atoms with van der Waals surface area (Å²) in [5.74, 6) is -3.33. The van der Waals surface area contributed by atoms with Crippen molar-refractivity contribution in [3.05, 3.63) is 80.9 Å². The second-order valence-electron chi connectivity index (χ2n) is 9.36. The van der Waals surface area contributed by atoms with Gasteiger partial charge in [-0.1, -0.05) is 6.07 Å². The molecule has 4 aromatic rings.